The number of hydrogen-bond acceptors (Lipinski definition) is 4. The maximum atomic E-state index is 3.79. The normalized spacial score (nSPS) is 10.3. The predicted octanol–water partition coefficient (Wildman–Crippen LogP) is -0.400. The standard InChI is InChI=1S/C5H6N6/c1-11-5(8-9-10-11)4-2-3-6-7-4/h2-3H,1H3,(H,6,7). The van der Waals surface area contributed by atoms with E-state index in [2.05, 4.69) is 25.7 Å². The van der Waals surface area contributed by atoms with E-state index >= 15 is 0 Å². The Labute approximate surface area is 62.2 Å². The summed E-state index contributed by atoms with van der Waals surface area (Å²) < 4.78 is 1.58. The van der Waals surface area contributed by atoms with Crippen LogP contribution in [0.5, 0.6) is 0 Å². The first-order chi connectivity index (χ1) is 5.38. The number of aromatic amines is 1. The van der Waals surface area contributed by atoms with Gasteiger partial charge in [-0.3, -0.25) is 5.10 Å². The summed E-state index contributed by atoms with van der Waals surface area (Å²) in [5.41, 5.74) is 0.817. The van der Waals surface area contributed by atoms with Crippen molar-refractivity contribution in [3.63, 3.8) is 0 Å². The highest BCUT2D eigenvalue weighted by Gasteiger charge is 2.04. The zero-order chi connectivity index (χ0) is 7.68. The van der Waals surface area contributed by atoms with E-state index in [0.717, 1.165) is 5.69 Å². The molecule has 56 valence electrons. The minimum Gasteiger partial charge on any atom is -0.275 e. The number of hydrogen-bond donors (Lipinski definition) is 1. The van der Waals surface area contributed by atoms with E-state index in [1.165, 1.54) is 0 Å². The molecule has 0 amide bonds. The predicted molar refractivity (Wildman–Crippen MR) is 36.4 cm³/mol. The summed E-state index contributed by atoms with van der Waals surface area (Å²) in [6, 6.07) is 1.81. The molecule has 0 atom stereocenters. The minimum absolute atomic E-state index is 0.683. The third-order valence-electron chi connectivity index (χ3n) is 1.36. The number of nitrogens with one attached hydrogen (secondary N) is 1. The Morgan fingerprint density at radius 1 is 1.55 bits per heavy atom. The maximum absolute atomic E-state index is 3.79. The van der Waals surface area contributed by atoms with Crippen LogP contribution in [0.1, 0.15) is 0 Å². The summed E-state index contributed by atoms with van der Waals surface area (Å²) in [6.07, 6.45) is 1.66. The molecule has 0 spiro atoms. The van der Waals surface area contributed by atoms with Crippen molar-refractivity contribution in [3.8, 4) is 11.5 Å². The van der Waals surface area contributed by atoms with Crippen molar-refractivity contribution in [2.24, 2.45) is 7.05 Å². The summed E-state index contributed by atoms with van der Waals surface area (Å²) in [5.74, 6) is 0.683. The molecule has 6 nitrogen and oxygen atoms in total. The topological polar surface area (TPSA) is 72.3 Å². The molecule has 0 bridgehead atoms. The molecular formula is C5H6N6. The summed E-state index contributed by atoms with van der Waals surface area (Å²) in [4.78, 5) is 0. The van der Waals surface area contributed by atoms with Crippen LogP contribution in [0.3, 0.4) is 0 Å². The lowest BCUT2D eigenvalue weighted by atomic mass is 10.4. The first-order valence-electron chi connectivity index (χ1n) is 3.10. The molecule has 2 rings (SSSR count). The zero-order valence-corrected chi connectivity index (χ0v) is 5.89. The van der Waals surface area contributed by atoms with Crippen LogP contribution in [0.4, 0.5) is 0 Å². The Morgan fingerprint density at radius 3 is 3.00 bits per heavy atom. The molecule has 0 radical (unpaired) electrons. The van der Waals surface area contributed by atoms with Crippen molar-refractivity contribution in [1.29, 1.82) is 0 Å². The second kappa shape index (κ2) is 2.15. The van der Waals surface area contributed by atoms with Gasteiger partial charge in [0, 0.05) is 13.2 Å². The molecule has 0 fully saturated rings. The Kier molecular flexibility index (Phi) is 1.18. The summed E-state index contributed by atoms with van der Waals surface area (Å²) in [6.45, 7) is 0. The van der Waals surface area contributed by atoms with E-state index in [-0.39, 0.29) is 0 Å². The molecule has 0 saturated carbocycles. The molecule has 0 aliphatic rings. The van der Waals surface area contributed by atoms with Gasteiger partial charge in [-0.2, -0.15) is 5.10 Å². The van der Waals surface area contributed by atoms with Gasteiger partial charge in [-0.1, -0.05) is 0 Å². The van der Waals surface area contributed by atoms with Crippen molar-refractivity contribution < 1.29 is 0 Å². The lowest BCUT2D eigenvalue weighted by molar-refractivity contribution is 0.713. The fraction of sp³-hybridized carbons (Fsp3) is 0.200. The van der Waals surface area contributed by atoms with Crippen molar-refractivity contribution >= 4 is 0 Å². The van der Waals surface area contributed by atoms with Crippen LogP contribution in [0.2, 0.25) is 0 Å². The fourth-order valence-electron chi connectivity index (χ4n) is 0.838. The van der Waals surface area contributed by atoms with Gasteiger partial charge in [0.1, 0.15) is 5.69 Å². The Bertz CT molecular complexity index is 333. The average Bonchev–Trinajstić information content (AvgIpc) is 2.55. The molecule has 6 heteroatoms. The number of aryl methyl sites for hydroxylation is 1. The molecule has 2 aromatic heterocycles. The van der Waals surface area contributed by atoms with Crippen molar-refractivity contribution in [2.75, 3.05) is 0 Å². The zero-order valence-electron chi connectivity index (χ0n) is 5.89. The van der Waals surface area contributed by atoms with Crippen LogP contribution in [0.25, 0.3) is 11.5 Å². The number of H-pyrrole nitrogens is 1. The molecule has 0 aliphatic carbocycles. The van der Waals surface area contributed by atoms with Gasteiger partial charge >= 0.3 is 0 Å². The first-order valence-corrected chi connectivity index (χ1v) is 3.10. The molecule has 11 heavy (non-hydrogen) atoms. The average molecular weight is 150 g/mol. The second-order valence-electron chi connectivity index (χ2n) is 2.10. The smallest absolute Gasteiger partial charge is 0.199 e. The van der Waals surface area contributed by atoms with Crippen LogP contribution in [0, 0.1) is 0 Å². The highest BCUT2D eigenvalue weighted by atomic mass is 15.5. The van der Waals surface area contributed by atoms with Gasteiger partial charge in [0.05, 0.1) is 0 Å². The molecule has 0 aromatic carbocycles. The third-order valence-corrected chi connectivity index (χ3v) is 1.36. The number of tetrazole rings is 1. The van der Waals surface area contributed by atoms with Crippen molar-refractivity contribution in [1.82, 2.24) is 30.4 Å². The van der Waals surface area contributed by atoms with Gasteiger partial charge in [0.25, 0.3) is 0 Å². The van der Waals surface area contributed by atoms with Gasteiger partial charge in [0.2, 0.25) is 0 Å². The van der Waals surface area contributed by atoms with Crippen molar-refractivity contribution in [2.45, 2.75) is 0 Å². The van der Waals surface area contributed by atoms with Crippen molar-refractivity contribution in [3.05, 3.63) is 12.3 Å². The molecule has 2 aromatic rings. The molecule has 0 saturated heterocycles. The van der Waals surface area contributed by atoms with Gasteiger partial charge in [0.15, 0.2) is 5.82 Å². The largest absolute Gasteiger partial charge is 0.275 e. The van der Waals surface area contributed by atoms with E-state index in [9.17, 15) is 0 Å². The van der Waals surface area contributed by atoms with Crippen LogP contribution in [-0.4, -0.2) is 30.4 Å². The van der Waals surface area contributed by atoms with E-state index in [4.69, 9.17) is 0 Å². The summed E-state index contributed by atoms with van der Waals surface area (Å²) >= 11 is 0. The van der Waals surface area contributed by atoms with Gasteiger partial charge in [-0.25, -0.2) is 4.68 Å². The highest BCUT2D eigenvalue weighted by Crippen LogP contribution is 2.08. The Balaban J connectivity index is 2.53. The highest BCUT2D eigenvalue weighted by molar-refractivity contribution is 5.46. The van der Waals surface area contributed by atoms with E-state index in [1.54, 1.807) is 17.9 Å². The maximum Gasteiger partial charge on any atom is 0.199 e. The monoisotopic (exact) mass is 150 g/mol. The summed E-state index contributed by atoms with van der Waals surface area (Å²) in [7, 11) is 1.77. The Morgan fingerprint density at radius 2 is 2.45 bits per heavy atom. The van der Waals surface area contributed by atoms with Crippen LogP contribution in [-0.2, 0) is 7.05 Å². The van der Waals surface area contributed by atoms with Crippen LogP contribution in [0.15, 0.2) is 12.3 Å². The van der Waals surface area contributed by atoms with Crippen LogP contribution < -0.4 is 0 Å². The minimum atomic E-state index is 0.683. The lowest BCUT2D eigenvalue weighted by Crippen LogP contribution is -1.94. The van der Waals surface area contributed by atoms with Gasteiger partial charge < -0.3 is 0 Å². The van der Waals surface area contributed by atoms with E-state index < -0.39 is 0 Å². The second-order valence-corrected chi connectivity index (χ2v) is 2.10. The number of rotatable bonds is 1. The molecule has 2 heterocycles. The van der Waals surface area contributed by atoms with E-state index in [1.807, 2.05) is 6.07 Å². The first kappa shape index (κ1) is 6.02. The Hall–Kier alpha value is -1.72. The number of aromatic nitrogens is 6. The van der Waals surface area contributed by atoms with Crippen LogP contribution >= 0.6 is 0 Å². The molecule has 0 aliphatic heterocycles. The molecule has 1 N–H and O–H groups in total. The molecule has 0 unspecified atom stereocenters. The number of nitrogens with zero attached hydrogens (tertiary/aromatic N) is 5. The van der Waals surface area contributed by atoms with Gasteiger partial charge in [-0.15, -0.1) is 5.10 Å². The SMILES string of the molecule is Cn1nnnc1-c1ccn[nH]1. The summed E-state index contributed by atoms with van der Waals surface area (Å²) in [5, 5.41) is 17.5. The van der Waals surface area contributed by atoms with E-state index in [0.29, 0.717) is 5.82 Å². The quantitative estimate of drug-likeness (QED) is 0.600. The molecular weight excluding hydrogens is 144 g/mol. The lowest BCUT2D eigenvalue weighted by Gasteiger charge is -1.90. The third kappa shape index (κ3) is 0.878. The fourth-order valence-corrected chi connectivity index (χ4v) is 0.838. The van der Waals surface area contributed by atoms with Gasteiger partial charge in [-0.05, 0) is 16.5 Å².